The largest absolute Gasteiger partial charge is 0.332 e. The van der Waals surface area contributed by atoms with Crippen LogP contribution in [0.5, 0.6) is 0 Å². The Morgan fingerprint density at radius 3 is 2.55 bits per heavy atom. The van der Waals surface area contributed by atoms with E-state index in [-0.39, 0.29) is 30.0 Å². The summed E-state index contributed by atoms with van der Waals surface area (Å²) in [6.07, 6.45) is 6.06. The minimum absolute atomic E-state index is 0.103. The number of fused-ring (bicyclic) bond motifs is 1. The average Bonchev–Trinajstić information content (AvgIpc) is 2.66. The van der Waals surface area contributed by atoms with Crippen LogP contribution in [0.1, 0.15) is 75.5 Å². The van der Waals surface area contributed by atoms with Gasteiger partial charge in [-0.2, -0.15) is 4.31 Å². The highest BCUT2D eigenvalue weighted by Gasteiger charge is 2.37. The van der Waals surface area contributed by atoms with Crippen LogP contribution in [0, 0.1) is 5.92 Å². The molecule has 1 unspecified atom stereocenters. The van der Waals surface area contributed by atoms with Gasteiger partial charge in [-0.1, -0.05) is 6.42 Å². The fraction of sp³-hybridized carbons (Fsp3) is 0.750. The van der Waals surface area contributed by atoms with Crippen molar-refractivity contribution in [3.05, 3.63) is 27.4 Å². The Morgan fingerprint density at radius 1 is 1.14 bits per heavy atom. The van der Waals surface area contributed by atoms with Gasteiger partial charge < -0.3 is 9.88 Å². The third-order valence-corrected chi connectivity index (χ3v) is 8.79. The number of H-pyrrole nitrogens is 1. The summed E-state index contributed by atoms with van der Waals surface area (Å²) in [6, 6.07) is -0.230. The van der Waals surface area contributed by atoms with Crippen molar-refractivity contribution >= 4 is 15.9 Å². The Hall–Kier alpha value is -1.74. The van der Waals surface area contributed by atoms with Gasteiger partial charge in [-0.15, -0.1) is 0 Å². The molecular weight excluding hydrogens is 392 g/mol. The molecule has 3 aliphatic rings. The van der Waals surface area contributed by atoms with Gasteiger partial charge in [-0.3, -0.25) is 9.59 Å². The van der Waals surface area contributed by atoms with Gasteiger partial charge in [0.1, 0.15) is 5.82 Å². The molecule has 29 heavy (non-hydrogen) atoms. The third-order valence-electron chi connectivity index (χ3n) is 6.57. The maximum absolute atomic E-state index is 12.9. The first kappa shape index (κ1) is 20.5. The predicted octanol–water partition coefficient (Wildman–Crippen LogP) is 1.72. The Bertz CT molecular complexity index is 952. The van der Waals surface area contributed by atoms with Crippen molar-refractivity contribution in [2.75, 3.05) is 13.1 Å². The first-order valence-corrected chi connectivity index (χ1v) is 12.2. The van der Waals surface area contributed by atoms with Gasteiger partial charge in [0.15, 0.2) is 0 Å². The van der Waals surface area contributed by atoms with Crippen molar-refractivity contribution in [1.82, 2.24) is 19.2 Å². The number of carbonyl (C=O) groups excluding carboxylic acids is 1. The minimum Gasteiger partial charge on any atom is -0.332 e. The lowest BCUT2D eigenvalue weighted by Gasteiger charge is -2.39. The van der Waals surface area contributed by atoms with Gasteiger partial charge in [0.05, 0.1) is 23.5 Å². The molecule has 160 valence electrons. The molecule has 0 aromatic carbocycles. The lowest BCUT2D eigenvalue weighted by molar-refractivity contribution is -0.142. The number of piperidine rings is 1. The van der Waals surface area contributed by atoms with E-state index in [2.05, 4.69) is 4.98 Å². The minimum atomic E-state index is -3.41. The van der Waals surface area contributed by atoms with Crippen LogP contribution >= 0.6 is 0 Å². The lowest BCUT2D eigenvalue weighted by atomic mass is 9.83. The first-order valence-electron chi connectivity index (χ1n) is 10.7. The highest BCUT2D eigenvalue weighted by Crippen LogP contribution is 2.35. The molecule has 1 aromatic rings. The number of aromatic nitrogens is 2. The molecule has 1 amide bonds. The van der Waals surface area contributed by atoms with E-state index < -0.39 is 15.3 Å². The van der Waals surface area contributed by atoms with Crippen molar-refractivity contribution in [1.29, 1.82) is 0 Å². The second kappa shape index (κ2) is 7.83. The Morgan fingerprint density at radius 2 is 1.90 bits per heavy atom. The molecule has 1 N–H and O–H groups in total. The van der Waals surface area contributed by atoms with E-state index in [0.717, 1.165) is 38.5 Å². The number of likely N-dealkylation sites (tertiary alicyclic amines) is 1. The van der Waals surface area contributed by atoms with Crippen LogP contribution in [0.3, 0.4) is 0 Å². The quantitative estimate of drug-likeness (QED) is 0.796. The second-order valence-electron chi connectivity index (χ2n) is 8.72. The van der Waals surface area contributed by atoms with Crippen molar-refractivity contribution < 1.29 is 13.2 Å². The average molecular weight is 423 g/mol. The van der Waals surface area contributed by atoms with Crippen LogP contribution in [0.2, 0.25) is 0 Å². The van der Waals surface area contributed by atoms with E-state index >= 15 is 0 Å². The molecule has 1 aromatic heterocycles. The summed E-state index contributed by atoms with van der Waals surface area (Å²) in [5.74, 6) is 0.780. The maximum atomic E-state index is 12.9. The van der Waals surface area contributed by atoms with Crippen molar-refractivity contribution in [3.63, 3.8) is 0 Å². The molecule has 1 saturated carbocycles. The lowest BCUT2D eigenvalue weighted by Crippen LogP contribution is -2.45. The number of carbonyl (C=O) groups is 1. The van der Waals surface area contributed by atoms with Gasteiger partial charge >= 0.3 is 0 Å². The summed E-state index contributed by atoms with van der Waals surface area (Å²) in [7, 11) is -3.41. The molecule has 8 nitrogen and oxygen atoms in total. The number of aromatic amines is 1. The number of hydrogen-bond donors (Lipinski definition) is 1. The van der Waals surface area contributed by atoms with Gasteiger partial charge in [0.25, 0.3) is 5.56 Å². The number of sulfonamides is 1. The summed E-state index contributed by atoms with van der Waals surface area (Å²) < 4.78 is 26.6. The zero-order chi connectivity index (χ0) is 20.8. The van der Waals surface area contributed by atoms with Crippen LogP contribution in [-0.2, 0) is 27.8 Å². The number of hydrogen-bond acceptors (Lipinski definition) is 5. The monoisotopic (exact) mass is 422 g/mol. The molecule has 2 aliphatic heterocycles. The Balaban J connectivity index is 1.64. The second-order valence-corrected chi connectivity index (χ2v) is 11.2. The molecular formula is C20H30N4O4S. The number of amides is 1. The van der Waals surface area contributed by atoms with E-state index in [4.69, 9.17) is 4.98 Å². The molecule has 0 spiro atoms. The highest BCUT2D eigenvalue weighted by molar-refractivity contribution is 7.89. The van der Waals surface area contributed by atoms with Crippen LogP contribution < -0.4 is 5.56 Å². The van der Waals surface area contributed by atoms with E-state index in [1.807, 2.05) is 4.90 Å². The van der Waals surface area contributed by atoms with Gasteiger partial charge in [0.2, 0.25) is 15.9 Å². The van der Waals surface area contributed by atoms with Gasteiger partial charge in [0, 0.05) is 24.6 Å². The summed E-state index contributed by atoms with van der Waals surface area (Å²) in [5.41, 5.74) is 0.894. The van der Waals surface area contributed by atoms with Crippen LogP contribution in [0.4, 0.5) is 0 Å². The summed E-state index contributed by atoms with van der Waals surface area (Å²) >= 11 is 0. The normalized spacial score (nSPS) is 23.7. The predicted molar refractivity (Wildman–Crippen MR) is 109 cm³/mol. The zero-order valence-corrected chi connectivity index (χ0v) is 18.0. The smallest absolute Gasteiger partial charge is 0.254 e. The topological polar surface area (TPSA) is 103 Å². The number of rotatable bonds is 4. The van der Waals surface area contributed by atoms with Crippen molar-refractivity contribution in [2.24, 2.45) is 5.92 Å². The molecule has 0 bridgehead atoms. The fourth-order valence-electron chi connectivity index (χ4n) is 4.48. The summed E-state index contributed by atoms with van der Waals surface area (Å²) in [4.78, 5) is 35.1. The van der Waals surface area contributed by atoms with E-state index in [1.54, 1.807) is 13.8 Å². The van der Waals surface area contributed by atoms with E-state index in [0.29, 0.717) is 36.6 Å². The number of nitrogens with one attached hydrogen (secondary N) is 1. The van der Waals surface area contributed by atoms with Crippen molar-refractivity contribution in [2.45, 2.75) is 76.6 Å². The standard InChI is InChI=1S/C20H30N4O4S/c1-13(2)29(27,28)23-11-9-15-16(12-23)21-18(22-19(15)25)17-8-3-4-10-24(17)20(26)14-6-5-7-14/h13-14,17H,3-12H2,1-2H3,(H,21,22,25). The summed E-state index contributed by atoms with van der Waals surface area (Å²) in [5, 5.41) is -0.514. The fourth-order valence-corrected chi connectivity index (χ4v) is 5.72. The zero-order valence-electron chi connectivity index (χ0n) is 17.2. The highest BCUT2D eigenvalue weighted by atomic mass is 32.2. The van der Waals surface area contributed by atoms with Crippen molar-refractivity contribution in [3.8, 4) is 0 Å². The Labute approximate surface area is 171 Å². The molecule has 1 atom stereocenters. The maximum Gasteiger partial charge on any atom is 0.254 e. The molecule has 2 fully saturated rings. The molecule has 0 radical (unpaired) electrons. The van der Waals surface area contributed by atoms with Gasteiger partial charge in [-0.05, 0) is 52.4 Å². The SMILES string of the molecule is CC(C)S(=O)(=O)N1CCc2c(nc(C3CCCCN3C(=O)C3CCC3)[nH]c2=O)C1. The molecule has 4 rings (SSSR count). The summed E-state index contributed by atoms with van der Waals surface area (Å²) in [6.45, 7) is 4.43. The third kappa shape index (κ3) is 3.74. The molecule has 1 aliphatic carbocycles. The number of nitrogens with zero attached hydrogens (tertiary/aromatic N) is 3. The van der Waals surface area contributed by atoms with E-state index in [1.165, 1.54) is 4.31 Å². The van der Waals surface area contributed by atoms with E-state index in [9.17, 15) is 18.0 Å². The molecule has 1 saturated heterocycles. The van der Waals surface area contributed by atoms with Crippen LogP contribution in [0.15, 0.2) is 4.79 Å². The van der Waals surface area contributed by atoms with Crippen LogP contribution in [0.25, 0.3) is 0 Å². The first-order chi connectivity index (χ1) is 13.8. The Kier molecular flexibility index (Phi) is 5.54. The molecule has 3 heterocycles. The van der Waals surface area contributed by atoms with Crippen LogP contribution in [-0.4, -0.2) is 51.8 Å². The van der Waals surface area contributed by atoms with Gasteiger partial charge in [-0.25, -0.2) is 13.4 Å². The molecule has 9 heteroatoms.